The fourth-order valence-electron chi connectivity index (χ4n) is 6.13. The summed E-state index contributed by atoms with van der Waals surface area (Å²) < 4.78 is 42.4. The second-order valence-electron chi connectivity index (χ2n) is 12.1. The van der Waals surface area contributed by atoms with Crippen LogP contribution in [0.2, 0.25) is 0 Å². The normalized spacial score (nSPS) is 15.9. The van der Waals surface area contributed by atoms with Gasteiger partial charge in [-0.25, -0.2) is 17.9 Å². The van der Waals surface area contributed by atoms with Gasteiger partial charge in [0, 0.05) is 38.6 Å². The summed E-state index contributed by atoms with van der Waals surface area (Å²) in [5.74, 6) is 1.48. The lowest BCUT2D eigenvalue weighted by Crippen LogP contribution is -2.46. The van der Waals surface area contributed by atoms with Crippen LogP contribution in [-0.2, 0) is 14.8 Å². The number of imidazole rings is 1. The zero-order valence-corrected chi connectivity index (χ0v) is 28.9. The van der Waals surface area contributed by atoms with E-state index < -0.39 is 16.1 Å². The molecule has 256 valence electrons. The number of ether oxygens (including phenoxy) is 2. The Hall–Kier alpha value is -2.84. The van der Waals surface area contributed by atoms with Crippen molar-refractivity contribution in [1.29, 1.82) is 0 Å². The van der Waals surface area contributed by atoms with Crippen molar-refractivity contribution in [3.05, 3.63) is 40.1 Å². The van der Waals surface area contributed by atoms with Crippen molar-refractivity contribution >= 4 is 15.5 Å². The summed E-state index contributed by atoms with van der Waals surface area (Å²) in [6, 6.07) is 4.62. The zero-order chi connectivity index (χ0) is 33.3. The summed E-state index contributed by atoms with van der Waals surface area (Å²) in [4.78, 5) is 23.3. The van der Waals surface area contributed by atoms with E-state index in [1.165, 1.54) is 22.9 Å². The minimum atomic E-state index is -4.01. The molecule has 1 saturated heterocycles. The van der Waals surface area contributed by atoms with Crippen LogP contribution in [0.5, 0.6) is 5.75 Å². The Labute approximate surface area is 273 Å². The number of H-pyrrole nitrogens is 1. The number of aliphatic hydroxyl groups is 1. The van der Waals surface area contributed by atoms with Crippen LogP contribution in [0.15, 0.2) is 27.9 Å². The molecular weight excluding hydrogens is 608 g/mol. The molecule has 0 amide bonds. The van der Waals surface area contributed by atoms with E-state index >= 15 is 0 Å². The minimum absolute atomic E-state index is 0.0325. The first-order valence-corrected chi connectivity index (χ1v) is 18.3. The third-order valence-corrected chi connectivity index (χ3v) is 10.4. The zero-order valence-electron chi connectivity index (χ0n) is 28.1. The Morgan fingerprint density at radius 1 is 1.11 bits per heavy atom. The molecule has 46 heavy (non-hydrogen) atoms. The highest BCUT2D eigenvalue weighted by atomic mass is 32.2. The first-order valence-electron chi connectivity index (χ1n) is 16.9. The van der Waals surface area contributed by atoms with Crippen LogP contribution in [0.4, 0.5) is 0 Å². The van der Waals surface area contributed by atoms with Crippen LogP contribution in [0.1, 0.15) is 90.1 Å². The Morgan fingerprint density at radius 2 is 1.87 bits per heavy atom. The van der Waals surface area contributed by atoms with Crippen LogP contribution in [0.3, 0.4) is 0 Å². The number of morpholine rings is 1. The number of aromatic amines is 1. The van der Waals surface area contributed by atoms with Crippen LogP contribution in [-0.4, -0.2) is 101 Å². The van der Waals surface area contributed by atoms with E-state index in [2.05, 4.69) is 23.7 Å². The molecule has 2 aromatic heterocycles. The van der Waals surface area contributed by atoms with Gasteiger partial charge < -0.3 is 19.6 Å². The molecule has 2 atom stereocenters. The molecular formula is C33H52N6O6S. The molecule has 3 heterocycles. The summed E-state index contributed by atoms with van der Waals surface area (Å²) in [6.45, 7) is 13.4. The molecule has 2 unspecified atom stereocenters. The highest BCUT2D eigenvalue weighted by Crippen LogP contribution is 2.32. The topological polar surface area (TPSA) is 142 Å². The van der Waals surface area contributed by atoms with Crippen LogP contribution >= 0.6 is 0 Å². The predicted octanol–water partition coefficient (Wildman–Crippen LogP) is 4.35. The predicted molar refractivity (Wildman–Crippen MR) is 179 cm³/mol. The number of nitrogens with one attached hydrogen (secondary N) is 1. The number of hydrogen-bond acceptors (Lipinski definition) is 9. The number of fused-ring (bicyclic) bond motifs is 1. The van der Waals surface area contributed by atoms with E-state index in [0.717, 1.165) is 37.9 Å². The van der Waals surface area contributed by atoms with Crippen molar-refractivity contribution < 1.29 is 23.0 Å². The van der Waals surface area contributed by atoms with Crippen molar-refractivity contribution in [3.8, 4) is 17.1 Å². The molecule has 12 nitrogen and oxygen atoms in total. The third-order valence-electron chi connectivity index (χ3n) is 8.57. The number of unbranched alkanes of at least 4 members (excludes halogenated alkanes) is 3. The lowest BCUT2D eigenvalue weighted by Gasteiger charge is -2.31. The standard InChI is InChI=1S/C33H52N6O6S/c1-6-10-11-12-13-25(8-3)32-34-24(5)30-33(41)35-31(36-39(30)32)28-21-27(14-15-29(28)45-9-4)46(42,43)38(16-7-2)23-26(40)22-37-17-19-44-20-18-37/h14-15,21,25-26,40H,6-13,16-20,22-23H2,1-5H3,(H,35,36,41). The number of sulfonamides is 1. The molecule has 0 aliphatic carbocycles. The second kappa shape index (κ2) is 16.8. The van der Waals surface area contributed by atoms with Gasteiger partial charge in [-0.3, -0.25) is 9.69 Å². The van der Waals surface area contributed by atoms with E-state index in [9.17, 15) is 18.3 Å². The summed E-state index contributed by atoms with van der Waals surface area (Å²) in [5, 5.41) is 15.7. The highest BCUT2D eigenvalue weighted by molar-refractivity contribution is 7.89. The van der Waals surface area contributed by atoms with Gasteiger partial charge in [-0.05, 0) is 51.3 Å². The number of aromatic nitrogens is 4. The van der Waals surface area contributed by atoms with Crippen molar-refractivity contribution in [3.63, 3.8) is 0 Å². The molecule has 4 rings (SSSR count). The van der Waals surface area contributed by atoms with E-state index in [1.807, 2.05) is 20.8 Å². The third kappa shape index (κ3) is 8.54. The number of benzene rings is 1. The van der Waals surface area contributed by atoms with E-state index in [1.54, 1.807) is 10.6 Å². The monoisotopic (exact) mass is 660 g/mol. The maximum Gasteiger partial charge on any atom is 0.277 e. The smallest absolute Gasteiger partial charge is 0.277 e. The van der Waals surface area contributed by atoms with Gasteiger partial charge in [0.15, 0.2) is 11.3 Å². The molecule has 0 radical (unpaired) electrons. The molecule has 3 aromatic rings. The first-order chi connectivity index (χ1) is 22.1. The van der Waals surface area contributed by atoms with Crippen molar-refractivity contribution in [1.82, 2.24) is 28.8 Å². The molecule has 2 N–H and O–H groups in total. The SMILES string of the molecule is CCCCCCC(CC)c1nc(C)c2c(=O)[nH]c(-c3cc(S(=O)(=O)N(CCC)CC(O)CN4CCOCC4)ccc3OCC)nn12. The van der Waals surface area contributed by atoms with E-state index in [-0.39, 0.29) is 35.3 Å². The van der Waals surface area contributed by atoms with Gasteiger partial charge in [0.25, 0.3) is 5.56 Å². The van der Waals surface area contributed by atoms with Crippen LogP contribution in [0, 0.1) is 6.92 Å². The Bertz CT molecular complexity index is 1580. The number of nitrogens with zero attached hydrogens (tertiary/aromatic N) is 5. The van der Waals surface area contributed by atoms with E-state index in [4.69, 9.17) is 19.6 Å². The van der Waals surface area contributed by atoms with Crippen molar-refractivity contribution in [2.75, 3.05) is 52.5 Å². The van der Waals surface area contributed by atoms with Gasteiger partial charge in [-0.1, -0.05) is 46.5 Å². The number of hydrogen-bond donors (Lipinski definition) is 2. The van der Waals surface area contributed by atoms with Crippen molar-refractivity contribution in [2.45, 2.75) is 96.5 Å². The summed E-state index contributed by atoms with van der Waals surface area (Å²) in [6.07, 6.45) is 6.08. The van der Waals surface area contributed by atoms with E-state index in [0.29, 0.717) is 68.4 Å². The lowest BCUT2D eigenvalue weighted by atomic mass is 9.97. The lowest BCUT2D eigenvalue weighted by molar-refractivity contribution is 0.0115. The van der Waals surface area contributed by atoms with Gasteiger partial charge in [0.2, 0.25) is 10.0 Å². The molecule has 1 fully saturated rings. The molecule has 1 aliphatic rings. The summed E-state index contributed by atoms with van der Waals surface area (Å²) in [5.41, 5.74) is 1.00. The van der Waals surface area contributed by atoms with Crippen molar-refractivity contribution in [2.24, 2.45) is 0 Å². The summed E-state index contributed by atoms with van der Waals surface area (Å²) >= 11 is 0. The fraction of sp³-hybridized carbons (Fsp3) is 0.667. The largest absolute Gasteiger partial charge is 0.493 e. The Kier molecular flexibility index (Phi) is 13.2. The molecule has 0 bridgehead atoms. The molecule has 0 saturated carbocycles. The molecule has 0 spiro atoms. The number of aliphatic hydroxyl groups excluding tert-OH is 1. The molecule has 1 aromatic carbocycles. The average molecular weight is 661 g/mol. The molecule has 1 aliphatic heterocycles. The van der Waals surface area contributed by atoms with Crippen LogP contribution in [0.25, 0.3) is 16.9 Å². The van der Waals surface area contributed by atoms with Gasteiger partial charge >= 0.3 is 0 Å². The highest BCUT2D eigenvalue weighted by Gasteiger charge is 2.29. The average Bonchev–Trinajstić information content (AvgIpc) is 3.37. The first kappa shape index (κ1) is 36.0. The molecule has 13 heteroatoms. The van der Waals surface area contributed by atoms with Gasteiger partial charge in [-0.2, -0.15) is 4.31 Å². The van der Waals surface area contributed by atoms with Gasteiger partial charge in [0.05, 0.1) is 42.1 Å². The van der Waals surface area contributed by atoms with Gasteiger partial charge in [-0.15, -0.1) is 5.10 Å². The Balaban J connectivity index is 1.72. The number of β-amino-alcohol motifs (C(OH)–C–C–N with tert-alkyl or cyclic N) is 1. The maximum absolute atomic E-state index is 14.0. The second-order valence-corrected chi connectivity index (χ2v) is 14.0. The fourth-order valence-corrected chi connectivity index (χ4v) is 7.73. The quantitative estimate of drug-likeness (QED) is 0.191. The number of rotatable bonds is 18. The summed E-state index contributed by atoms with van der Waals surface area (Å²) in [7, 11) is -4.01. The van der Waals surface area contributed by atoms with Gasteiger partial charge in [0.1, 0.15) is 11.6 Å². The van der Waals surface area contributed by atoms with Crippen LogP contribution < -0.4 is 10.3 Å². The minimum Gasteiger partial charge on any atom is -0.493 e. The number of aryl methyl sites for hydroxylation is 1. The maximum atomic E-state index is 14.0. The Morgan fingerprint density at radius 3 is 2.54 bits per heavy atom.